The fourth-order valence-electron chi connectivity index (χ4n) is 8.81. The average molecular weight is 900 g/mol. The van der Waals surface area contributed by atoms with E-state index in [1.54, 1.807) is 0 Å². The topological polar surface area (TPSA) is 38.7 Å². The number of aliphatic hydroxyl groups excluding tert-OH is 1. The predicted molar refractivity (Wildman–Crippen MR) is 283 cm³/mol. The first-order valence-electron chi connectivity index (χ1n) is 25.1. The lowest BCUT2D eigenvalue weighted by Gasteiger charge is -2.43. The van der Waals surface area contributed by atoms with Crippen LogP contribution in [0.1, 0.15) is 170 Å². The second-order valence-corrected chi connectivity index (χ2v) is 28.0. The standard InChI is InChI=1S/C30H44OSi.C29H42O2Si/c1-5-6-7-8-9-10-11-12-13-14-15-22-27-31-32(30(2,3)4,28-23-18-16-19-24-28)29-25-20-17-21-26-29;1-29(2,3)32(27-21-15-13-16-22-27,28-23-17-14-18-24-28)31-26-20-12-10-8-6-4-5-7-9-11-19-25-30/h16-21,23-26H,5-8,11-15,22,27H2,1-4H3;13-18,21-24,30H,4,6,8-12,19-20,25-26H2,1-3H3. The third-order valence-corrected chi connectivity index (χ3v) is 22.3. The maximum Gasteiger partial charge on any atom is 0.261 e. The fraction of sp³-hybridized carbons (Fsp3) is 0.525. The fourth-order valence-corrected chi connectivity index (χ4v) is 18.0. The molecular weight excluding hydrogens is 813 g/mol. The lowest BCUT2D eigenvalue weighted by Crippen LogP contribution is -2.66. The van der Waals surface area contributed by atoms with E-state index in [0.717, 1.165) is 64.6 Å². The van der Waals surface area contributed by atoms with Crippen LogP contribution in [-0.4, -0.2) is 41.6 Å². The van der Waals surface area contributed by atoms with Crippen molar-refractivity contribution in [2.24, 2.45) is 0 Å². The zero-order valence-corrected chi connectivity index (χ0v) is 43.4. The number of hydrogen-bond acceptors (Lipinski definition) is 3. The lowest BCUT2D eigenvalue weighted by atomic mass is 10.1. The van der Waals surface area contributed by atoms with Gasteiger partial charge in [0, 0.05) is 45.5 Å². The molecule has 4 aromatic carbocycles. The minimum absolute atomic E-state index is 0.0472. The summed E-state index contributed by atoms with van der Waals surface area (Å²) in [6.07, 6.45) is 21.9. The molecule has 64 heavy (non-hydrogen) atoms. The Kier molecular flexibility index (Phi) is 26.7. The quantitative estimate of drug-likeness (QED) is 0.0388. The van der Waals surface area contributed by atoms with Gasteiger partial charge in [0.2, 0.25) is 0 Å². The molecule has 4 aromatic rings. The van der Waals surface area contributed by atoms with Crippen LogP contribution in [0.15, 0.2) is 121 Å². The van der Waals surface area contributed by atoms with E-state index in [2.05, 4.69) is 193 Å². The van der Waals surface area contributed by atoms with Gasteiger partial charge in [-0.05, 0) is 75.8 Å². The van der Waals surface area contributed by atoms with Gasteiger partial charge in [0.25, 0.3) is 16.6 Å². The Hall–Kier alpha value is -3.69. The molecule has 0 aliphatic rings. The Morgan fingerprint density at radius 2 is 0.641 bits per heavy atom. The van der Waals surface area contributed by atoms with Crippen molar-refractivity contribution in [1.29, 1.82) is 0 Å². The molecule has 4 rings (SSSR count). The molecule has 0 aliphatic carbocycles. The molecule has 0 radical (unpaired) electrons. The Labute approximate surface area is 394 Å². The monoisotopic (exact) mass is 899 g/mol. The normalized spacial score (nSPS) is 11.8. The summed E-state index contributed by atoms with van der Waals surface area (Å²) in [5, 5.41) is 14.3. The first kappa shape index (κ1) is 54.6. The molecule has 0 saturated heterocycles. The molecule has 0 fully saturated rings. The van der Waals surface area contributed by atoms with Crippen molar-refractivity contribution in [3.05, 3.63) is 121 Å². The Bertz CT molecular complexity index is 1660. The molecule has 0 atom stereocenters. The molecule has 0 spiro atoms. The second kappa shape index (κ2) is 31.3. The Balaban J connectivity index is 0.000000340. The van der Waals surface area contributed by atoms with Gasteiger partial charge in [-0.3, -0.25) is 0 Å². The number of unbranched alkanes of at least 4 members (excludes halogenated alkanes) is 15. The van der Waals surface area contributed by atoms with Crippen LogP contribution in [0.25, 0.3) is 0 Å². The van der Waals surface area contributed by atoms with Gasteiger partial charge in [0.1, 0.15) is 0 Å². The summed E-state index contributed by atoms with van der Waals surface area (Å²) >= 11 is 0. The van der Waals surface area contributed by atoms with Crippen LogP contribution >= 0.6 is 0 Å². The van der Waals surface area contributed by atoms with Gasteiger partial charge in [0.05, 0.1) is 0 Å². The van der Waals surface area contributed by atoms with E-state index in [-0.39, 0.29) is 16.7 Å². The van der Waals surface area contributed by atoms with Gasteiger partial charge in [-0.25, -0.2) is 0 Å². The zero-order chi connectivity index (χ0) is 46.3. The minimum Gasteiger partial charge on any atom is -0.407 e. The molecule has 0 aliphatic heterocycles. The largest absolute Gasteiger partial charge is 0.407 e. The summed E-state index contributed by atoms with van der Waals surface area (Å²) in [6, 6.07) is 43.7. The van der Waals surface area contributed by atoms with Gasteiger partial charge in [-0.1, -0.05) is 221 Å². The molecule has 0 amide bonds. The molecule has 0 aromatic heterocycles. The highest BCUT2D eigenvalue weighted by Crippen LogP contribution is 2.38. The molecule has 348 valence electrons. The van der Waals surface area contributed by atoms with Crippen molar-refractivity contribution >= 4 is 37.4 Å². The Morgan fingerprint density at radius 1 is 0.375 bits per heavy atom. The smallest absolute Gasteiger partial charge is 0.261 e. The summed E-state index contributed by atoms with van der Waals surface area (Å²) in [6.45, 7) is 18.2. The van der Waals surface area contributed by atoms with E-state index in [4.69, 9.17) is 14.0 Å². The number of rotatable bonds is 26. The molecule has 0 unspecified atom stereocenters. The molecule has 0 saturated carbocycles. The average Bonchev–Trinajstić information content (AvgIpc) is 3.30. The van der Waals surface area contributed by atoms with Crippen LogP contribution < -0.4 is 20.7 Å². The molecule has 0 bridgehead atoms. The summed E-state index contributed by atoms with van der Waals surface area (Å²) < 4.78 is 13.9. The van der Waals surface area contributed by atoms with Crippen molar-refractivity contribution in [1.82, 2.24) is 0 Å². The first-order chi connectivity index (χ1) is 31.0. The highest BCUT2D eigenvalue weighted by atomic mass is 28.4. The molecule has 5 heteroatoms. The SMILES string of the molecule is CC(C)(C)[Si](OCCCCCCCC#CCCCCO)(c1ccccc1)c1ccccc1.CCCCCC#CCCCCCCCO[Si](c1ccccc1)(c1ccccc1)C(C)(C)C. The van der Waals surface area contributed by atoms with Gasteiger partial charge in [-0.2, -0.15) is 0 Å². The van der Waals surface area contributed by atoms with Crippen LogP contribution in [0.2, 0.25) is 10.1 Å². The van der Waals surface area contributed by atoms with Gasteiger partial charge < -0.3 is 14.0 Å². The van der Waals surface area contributed by atoms with E-state index < -0.39 is 16.6 Å². The molecule has 0 heterocycles. The minimum atomic E-state index is -2.38. The van der Waals surface area contributed by atoms with E-state index in [1.807, 2.05) is 0 Å². The highest BCUT2D eigenvalue weighted by Gasteiger charge is 2.51. The van der Waals surface area contributed by atoms with Crippen LogP contribution in [0.4, 0.5) is 0 Å². The van der Waals surface area contributed by atoms with Crippen molar-refractivity contribution < 1.29 is 14.0 Å². The van der Waals surface area contributed by atoms with E-state index in [0.29, 0.717) is 0 Å². The van der Waals surface area contributed by atoms with Gasteiger partial charge in [-0.15, -0.1) is 23.7 Å². The maximum atomic E-state index is 8.77. The summed E-state index contributed by atoms with van der Waals surface area (Å²) in [5.41, 5.74) is 0. The number of hydrogen-bond donors (Lipinski definition) is 1. The van der Waals surface area contributed by atoms with Crippen LogP contribution in [0.3, 0.4) is 0 Å². The first-order valence-corrected chi connectivity index (χ1v) is 28.9. The van der Waals surface area contributed by atoms with Crippen molar-refractivity contribution in [3.8, 4) is 23.7 Å². The van der Waals surface area contributed by atoms with E-state index >= 15 is 0 Å². The summed E-state index contributed by atoms with van der Waals surface area (Å²) in [5.74, 6) is 13.2. The van der Waals surface area contributed by atoms with Crippen LogP contribution in [0, 0.1) is 23.7 Å². The third kappa shape index (κ3) is 18.3. The summed E-state index contributed by atoms with van der Waals surface area (Å²) in [7, 11) is -4.75. The number of aliphatic hydroxyl groups is 1. The maximum absolute atomic E-state index is 8.77. The van der Waals surface area contributed by atoms with Gasteiger partial charge >= 0.3 is 0 Å². The third-order valence-electron chi connectivity index (χ3n) is 12.2. The number of benzene rings is 4. The lowest BCUT2D eigenvalue weighted by molar-refractivity contribution is 0.285. The van der Waals surface area contributed by atoms with Crippen molar-refractivity contribution in [2.75, 3.05) is 19.8 Å². The van der Waals surface area contributed by atoms with Crippen molar-refractivity contribution in [3.63, 3.8) is 0 Å². The van der Waals surface area contributed by atoms with Crippen LogP contribution in [0.5, 0.6) is 0 Å². The Morgan fingerprint density at radius 3 is 0.922 bits per heavy atom. The van der Waals surface area contributed by atoms with E-state index in [1.165, 1.54) is 91.4 Å². The molecule has 3 nitrogen and oxygen atoms in total. The van der Waals surface area contributed by atoms with Crippen LogP contribution in [-0.2, 0) is 8.85 Å². The molecule has 1 N–H and O–H groups in total. The second-order valence-electron chi connectivity index (χ2n) is 19.4. The van der Waals surface area contributed by atoms with Crippen molar-refractivity contribution in [2.45, 2.75) is 181 Å². The van der Waals surface area contributed by atoms with Gasteiger partial charge in [0.15, 0.2) is 0 Å². The summed E-state index contributed by atoms with van der Waals surface area (Å²) in [4.78, 5) is 0. The molecular formula is C59H86O3Si2. The highest BCUT2D eigenvalue weighted by molar-refractivity contribution is 7.00. The predicted octanol–water partition coefficient (Wildman–Crippen LogP) is 13.6. The van der Waals surface area contributed by atoms with E-state index in [9.17, 15) is 0 Å². The zero-order valence-electron chi connectivity index (χ0n) is 41.4.